The lowest BCUT2D eigenvalue weighted by Crippen LogP contribution is -2.30. The lowest BCUT2D eigenvalue weighted by molar-refractivity contribution is 0.550. The molecule has 0 aliphatic rings. The third-order valence-electron chi connectivity index (χ3n) is 3.59. The van der Waals surface area contributed by atoms with E-state index in [9.17, 15) is 0 Å². The number of rotatable bonds is 4. The zero-order chi connectivity index (χ0) is 14.7. The molecule has 0 aliphatic heterocycles. The topological polar surface area (TPSA) is 38.0 Å². The molecule has 2 rings (SSSR count). The van der Waals surface area contributed by atoms with Crippen LogP contribution in [0.1, 0.15) is 28.3 Å². The maximum absolute atomic E-state index is 6.32. The van der Waals surface area contributed by atoms with Crippen molar-refractivity contribution in [2.24, 2.45) is 5.84 Å². The molecule has 3 N–H and O–H groups in total. The van der Waals surface area contributed by atoms with Gasteiger partial charge in [-0.2, -0.15) is 0 Å². The summed E-state index contributed by atoms with van der Waals surface area (Å²) in [5, 5.41) is 0.716. The molecule has 0 heterocycles. The number of nitrogens with one attached hydrogen (secondary N) is 1. The van der Waals surface area contributed by atoms with Crippen LogP contribution in [0.2, 0.25) is 5.02 Å². The van der Waals surface area contributed by atoms with Gasteiger partial charge in [0.15, 0.2) is 0 Å². The number of hydrogen-bond donors (Lipinski definition) is 2. The van der Waals surface area contributed by atoms with Crippen molar-refractivity contribution in [1.82, 2.24) is 5.43 Å². The normalized spacial score (nSPS) is 12.4. The molecule has 0 radical (unpaired) electrons. The lowest BCUT2D eigenvalue weighted by atomic mass is 9.93. The Hall–Kier alpha value is -0.870. The Labute approximate surface area is 133 Å². The number of aryl methyl sites for hydroxylation is 2. The first-order chi connectivity index (χ1) is 9.52. The van der Waals surface area contributed by atoms with Gasteiger partial charge in [-0.25, -0.2) is 0 Å². The Kier molecular flexibility index (Phi) is 5.22. The maximum Gasteiger partial charge on any atom is 0.0515 e. The molecular formula is C16H18BrClN2. The molecule has 0 bridgehead atoms. The summed E-state index contributed by atoms with van der Waals surface area (Å²) < 4.78 is 0.967. The Morgan fingerprint density at radius 3 is 2.40 bits per heavy atom. The molecule has 2 aromatic rings. The molecular weight excluding hydrogens is 336 g/mol. The van der Waals surface area contributed by atoms with E-state index in [2.05, 4.69) is 53.4 Å². The summed E-state index contributed by atoms with van der Waals surface area (Å²) in [6.07, 6.45) is 0.816. The molecule has 1 atom stereocenters. The molecule has 1 unspecified atom stereocenters. The second-order valence-corrected chi connectivity index (χ2v) is 6.28. The van der Waals surface area contributed by atoms with Crippen LogP contribution in [0, 0.1) is 13.8 Å². The maximum atomic E-state index is 6.32. The number of benzene rings is 2. The molecule has 0 aromatic heterocycles. The zero-order valence-corrected chi connectivity index (χ0v) is 13.9. The largest absolute Gasteiger partial charge is 0.271 e. The van der Waals surface area contributed by atoms with Crippen LogP contribution in [-0.2, 0) is 6.42 Å². The van der Waals surface area contributed by atoms with Crippen molar-refractivity contribution in [3.8, 4) is 0 Å². The van der Waals surface area contributed by atoms with Gasteiger partial charge in [-0.3, -0.25) is 11.3 Å². The second kappa shape index (κ2) is 6.72. The van der Waals surface area contributed by atoms with Crippen LogP contribution in [0.4, 0.5) is 0 Å². The molecule has 4 heteroatoms. The molecule has 0 fully saturated rings. The van der Waals surface area contributed by atoms with Crippen molar-refractivity contribution in [1.29, 1.82) is 0 Å². The van der Waals surface area contributed by atoms with Gasteiger partial charge in [-0.1, -0.05) is 51.8 Å². The highest BCUT2D eigenvalue weighted by molar-refractivity contribution is 9.10. The standard InChI is InChI=1S/C16H18BrClN2/c1-10-4-3-5-11(2)14(10)9-16(20-19)13-7-6-12(17)8-15(13)18/h3-8,16,20H,9,19H2,1-2H3. The number of hydrogen-bond acceptors (Lipinski definition) is 2. The molecule has 2 nitrogen and oxygen atoms in total. The third kappa shape index (κ3) is 3.41. The summed E-state index contributed by atoms with van der Waals surface area (Å²) in [5.41, 5.74) is 7.76. The Morgan fingerprint density at radius 2 is 1.85 bits per heavy atom. The number of hydrazine groups is 1. The van der Waals surface area contributed by atoms with Crippen molar-refractivity contribution >= 4 is 27.5 Å². The first-order valence-corrected chi connectivity index (χ1v) is 7.66. The summed E-state index contributed by atoms with van der Waals surface area (Å²) in [5.74, 6) is 5.74. The van der Waals surface area contributed by atoms with E-state index in [1.165, 1.54) is 16.7 Å². The highest BCUT2D eigenvalue weighted by Crippen LogP contribution is 2.29. The van der Waals surface area contributed by atoms with Crippen molar-refractivity contribution in [3.05, 3.63) is 68.1 Å². The molecule has 0 spiro atoms. The third-order valence-corrected chi connectivity index (χ3v) is 4.41. The van der Waals surface area contributed by atoms with Gasteiger partial charge < -0.3 is 0 Å². The predicted molar refractivity (Wildman–Crippen MR) is 88.8 cm³/mol. The van der Waals surface area contributed by atoms with E-state index in [4.69, 9.17) is 17.4 Å². The summed E-state index contributed by atoms with van der Waals surface area (Å²) in [6.45, 7) is 4.25. The van der Waals surface area contributed by atoms with Gasteiger partial charge in [0.2, 0.25) is 0 Å². The minimum absolute atomic E-state index is 0.00426. The second-order valence-electron chi connectivity index (χ2n) is 4.96. The van der Waals surface area contributed by atoms with Crippen LogP contribution in [0.3, 0.4) is 0 Å². The fraction of sp³-hybridized carbons (Fsp3) is 0.250. The first kappa shape index (κ1) is 15.5. The molecule has 0 saturated heterocycles. The average molecular weight is 354 g/mol. The smallest absolute Gasteiger partial charge is 0.0515 e. The van der Waals surface area contributed by atoms with E-state index in [1.54, 1.807) is 0 Å². The molecule has 106 valence electrons. The van der Waals surface area contributed by atoms with E-state index in [1.807, 2.05) is 18.2 Å². The fourth-order valence-electron chi connectivity index (χ4n) is 2.42. The SMILES string of the molecule is Cc1cccc(C)c1CC(NN)c1ccc(Br)cc1Cl. The van der Waals surface area contributed by atoms with E-state index in [0.717, 1.165) is 16.5 Å². The fourth-order valence-corrected chi connectivity index (χ4v) is 3.22. The summed E-state index contributed by atoms with van der Waals surface area (Å²) >= 11 is 9.74. The van der Waals surface area contributed by atoms with Crippen LogP contribution in [0.15, 0.2) is 40.9 Å². The highest BCUT2D eigenvalue weighted by Gasteiger charge is 2.16. The Morgan fingerprint density at radius 1 is 1.20 bits per heavy atom. The molecule has 0 saturated carbocycles. The Balaban J connectivity index is 2.34. The van der Waals surface area contributed by atoms with Crippen molar-refractivity contribution < 1.29 is 0 Å². The van der Waals surface area contributed by atoms with Gasteiger partial charge in [0, 0.05) is 9.50 Å². The van der Waals surface area contributed by atoms with Crippen molar-refractivity contribution in [3.63, 3.8) is 0 Å². The lowest BCUT2D eigenvalue weighted by Gasteiger charge is -2.20. The quantitative estimate of drug-likeness (QED) is 0.629. The van der Waals surface area contributed by atoms with E-state index >= 15 is 0 Å². The van der Waals surface area contributed by atoms with Gasteiger partial charge in [0.25, 0.3) is 0 Å². The van der Waals surface area contributed by atoms with Crippen LogP contribution in [0.25, 0.3) is 0 Å². The molecule has 20 heavy (non-hydrogen) atoms. The van der Waals surface area contributed by atoms with E-state index in [-0.39, 0.29) is 6.04 Å². The number of nitrogens with two attached hydrogens (primary N) is 1. The Bertz CT molecular complexity index is 593. The monoisotopic (exact) mass is 352 g/mol. The predicted octanol–water partition coefficient (Wildman–Crippen LogP) is 4.47. The number of halogens is 2. The van der Waals surface area contributed by atoms with Crippen LogP contribution in [0.5, 0.6) is 0 Å². The van der Waals surface area contributed by atoms with Crippen LogP contribution < -0.4 is 11.3 Å². The minimum Gasteiger partial charge on any atom is -0.271 e. The van der Waals surface area contributed by atoms with Crippen LogP contribution in [-0.4, -0.2) is 0 Å². The van der Waals surface area contributed by atoms with Gasteiger partial charge in [-0.05, 0) is 54.7 Å². The first-order valence-electron chi connectivity index (χ1n) is 6.49. The minimum atomic E-state index is -0.00426. The highest BCUT2D eigenvalue weighted by atomic mass is 79.9. The van der Waals surface area contributed by atoms with E-state index < -0.39 is 0 Å². The average Bonchev–Trinajstić information content (AvgIpc) is 2.40. The summed E-state index contributed by atoms with van der Waals surface area (Å²) in [7, 11) is 0. The molecule has 2 aromatic carbocycles. The van der Waals surface area contributed by atoms with Gasteiger partial charge in [0.05, 0.1) is 6.04 Å². The van der Waals surface area contributed by atoms with E-state index in [0.29, 0.717) is 5.02 Å². The zero-order valence-electron chi connectivity index (χ0n) is 11.6. The van der Waals surface area contributed by atoms with Crippen LogP contribution >= 0.6 is 27.5 Å². The molecule has 0 aliphatic carbocycles. The summed E-state index contributed by atoms with van der Waals surface area (Å²) in [6, 6.07) is 12.2. The molecule has 0 amide bonds. The van der Waals surface area contributed by atoms with Crippen molar-refractivity contribution in [2.45, 2.75) is 26.3 Å². The van der Waals surface area contributed by atoms with Gasteiger partial charge in [0.1, 0.15) is 0 Å². The van der Waals surface area contributed by atoms with Gasteiger partial charge >= 0.3 is 0 Å². The van der Waals surface area contributed by atoms with Crippen molar-refractivity contribution in [2.75, 3.05) is 0 Å². The van der Waals surface area contributed by atoms with Gasteiger partial charge in [-0.15, -0.1) is 0 Å². The summed E-state index contributed by atoms with van der Waals surface area (Å²) in [4.78, 5) is 0.